The van der Waals surface area contributed by atoms with Gasteiger partial charge in [-0.15, -0.1) is 9.35 Å². The highest BCUT2D eigenvalue weighted by atomic mass is 35.5. The van der Waals surface area contributed by atoms with Gasteiger partial charge in [-0.05, 0) is 32.9 Å². The second-order valence-electron chi connectivity index (χ2n) is 4.22. The minimum atomic E-state index is -4.53. The first-order valence-corrected chi connectivity index (χ1v) is 10.8. The van der Waals surface area contributed by atoms with Gasteiger partial charge in [0.15, 0.2) is 5.31 Å². The predicted molar refractivity (Wildman–Crippen MR) is 112 cm³/mol. The van der Waals surface area contributed by atoms with Crippen LogP contribution in [0.4, 0.5) is 0 Å². The molecule has 0 saturated heterocycles. The standard InChI is InChI=1S/C15H19Cl2O7PS2/c1-4-20-15(18)14(25(19,23-21-5-2)24-22-6-3)13(11(26)7-9-16)12(27)8-10-17/h7-10H,4-6H2,1-3H3. The zero-order valence-corrected chi connectivity index (χ0v) is 18.8. The van der Waals surface area contributed by atoms with E-state index in [-0.39, 0.29) is 35.1 Å². The summed E-state index contributed by atoms with van der Waals surface area (Å²) in [6.45, 7) is 4.67. The lowest BCUT2D eigenvalue weighted by Crippen LogP contribution is -2.19. The molecule has 0 aliphatic heterocycles. The first-order valence-electron chi connectivity index (χ1n) is 7.59. The molecule has 0 aromatic carbocycles. The third-order valence-electron chi connectivity index (χ3n) is 2.44. The molecular formula is C15H19Cl2O7PS2. The predicted octanol–water partition coefficient (Wildman–Crippen LogP) is 5.18. The van der Waals surface area contributed by atoms with Gasteiger partial charge in [0, 0.05) is 26.4 Å². The summed E-state index contributed by atoms with van der Waals surface area (Å²) >= 11 is 21.6. The molecule has 0 atom stereocenters. The van der Waals surface area contributed by atoms with E-state index in [1.54, 1.807) is 20.8 Å². The topological polar surface area (TPSA) is 80.3 Å². The van der Waals surface area contributed by atoms with Gasteiger partial charge >= 0.3 is 13.6 Å². The van der Waals surface area contributed by atoms with Crippen molar-refractivity contribution in [3.63, 3.8) is 0 Å². The van der Waals surface area contributed by atoms with E-state index < -0.39 is 18.9 Å². The Morgan fingerprint density at radius 3 is 1.70 bits per heavy atom. The molecule has 0 unspecified atom stereocenters. The summed E-state index contributed by atoms with van der Waals surface area (Å²) in [4.78, 5) is 22.0. The molecule has 0 aliphatic rings. The number of allylic oxidation sites excluding steroid dienone is 3. The van der Waals surface area contributed by atoms with Crippen molar-refractivity contribution in [3.05, 3.63) is 34.1 Å². The molecule has 0 radical (unpaired) electrons. The van der Waals surface area contributed by atoms with Gasteiger partial charge in [0.25, 0.3) is 0 Å². The van der Waals surface area contributed by atoms with Crippen molar-refractivity contribution < 1.29 is 33.2 Å². The van der Waals surface area contributed by atoms with Crippen LogP contribution in [0.1, 0.15) is 20.8 Å². The maximum atomic E-state index is 13.3. The maximum Gasteiger partial charge on any atom is 0.422 e. The molecule has 0 heterocycles. The maximum absolute atomic E-state index is 13.3. The lowest BCUT2D eigenvalue weighted by molar-refractivity contribution is -0.261. The number of ether oxygens (including phenoxy) is 1. The van der Waals surface area contributed by atoms with E-state index in [2.05, 4.69) is 0 Å². The van der Waals surface area contributed by atoms with Gasteiger partial charge in [0.2, 0.25) is 0 Å². The number of hydrogen-bond acceptors (Lipinski definition) is 9. The SMILES string of the molecule is CCOOP(=O)(OOCC)C(C(=O)OCC)=C(C(=S)C=CCl)C(=S)C=CCl. The van der Waals surface area contributed by atoms with Crippen molar-refractivity contribution in [1.82, 2.24) is 0 Å². The number of hydrogen-bond donors (Lipinski definition) is 0. The minimum Gasteiger partial charge on any atom is -0.462 e. The lowest BCUT2D eigenvalue weighted by Gasteiger charge is -2.20. The minimum absolute atomic E-state index is 0.00295. The third-order valence-corrected chi connectivity index (χ3v) is 4.93. The molecule has 0 saturated carbocycles. The highest BCUT2D eigenvalue weighted by Crippen LogP contribution is 2.58. The highest BCUT2D eigenvalue weighted by Gasteiger charge is 2.43. The molecule has 0 fully saturated rings. The normalized spacial score (nSPS) is 11.7. The van der Waals surface area contributed by atoms with E-state index in [1.165, 1.54) is 12.2 Å². The van der Waals surface area contributed by atoms with Crippen LogP contribution in [0.3, 0.4) is 0 Å². The van der Waals surface area contributed by atoms with E-state index in [0.29, 0.717) is 0 Å². The average molecular weight is 477 g/mol. The fraction of sp³-hybridized carbons (Fsp3) is 0.400. The van der Waals surface area contributed by atoms with Crippen molar-refractivity contribution in [2.75, 3.05) is 19.8 Å². The molecule has 0 amide bonds. The Balaban J connectivity index is 6.81. The van der Waals surface area contributed by atoms with Crippen LogP contribution in [0, 0.1) is 0 Å². The van der Waals surface area contributed by atoms with Gasteiger partial charge in [0.05, 0.1) is 19.8 Å². The molecule has 0 aromatic heterocycles. The second kappa shape index (κ2) is 14.5. The highest BCUT2D eigenvalue weighted by molar-refractivity contribution is 7.83. The molecule has 0 aliphatic carbocycles. The third kappa shape index (κ3) is 8.60. The van der Waals surface area contributed by atoms with Gasteiger partial charge < -0.3 is 4.74 Å². The van der Waals surface area contributed by atoms with E-state index in [1.807, 2.05) is 0 Å². The van der Waals surface area contributed by atoms with Crippen LogP contribution in [0.15, 0.2) is 34.1 Å². The van der Waals surface area contributed by atoms with Gasteiger partial charge in [-0.1, -0.05) is 47.6 Å². The van der Waals surface area contributed by atoms with Crippen LogP contribution in [-0.4, -0.2) is 35.5 Å². The number of carbonyl (C=O) groups is 1. The van der Waals surface area contributed by atoms with Crippen molar-refractivity contribution >= 4 is 70.9 Å². The van der Waals surface area contributed by atoms with Crippen LogP contribution >= 0.6 is 55.2 Å². The number of rotatable bonds is 13. The Kier molecular flexibility index (Phi) is 14.3. The van der Waals surface area contributed by atoms with Gasteiger partial charge in [-0.25, -0.2) is 19.1 Å². The number of halogens is 2. The number of esters is 1. The van der Waals surface area contributed by atoms with Crippen molar-refractivity contribution in [3.8, 4) is 0 Å². The molecule has 12 heteroatoms. The fourth-order valence-electron chi connectivity index (χ4n) is 1.52. The summed E-state index contributed by atoms with van der Waals surface area (Å²) < 4.78 is 28.0. The summed E-state index contributed by atoms with van der Waals surface area (Å²) in [5.41, 5.74) is 2.03. The molecule has 0 bridgehead atoms. The monoisotopic (exact) mass is 476 g/mol. The molecule has 7 nitrogen and oxygen atoms in total. The Morgan fingerprint density at radius 2 is 1.37 bits per heavy atom. The molecule has 0 N–H and O–H groups in total. The van der Waals surface area contributed by atoms with Crippen LogP contribution in [0.25, 0.3) is 0 Å². The largest absolute Gasteiger partial charge is 0.462 e. The Bertz CT molecular complexity index is 639. The first-order chi connectivity index (χ1) is 12.8. The van der Waals surface area contributed by atoms with Crippen molar-refractivity contribution in [2.24, 2.45) is 0 Å². The summed E-state index contributed by atoms with van der Waals surface area (Å²) in [6, 6.07) is 0. The van der Waals surface area contributed by atoms with Crippen molar-refractivity contribution in [1.29, 1.82) is 0 Å². The van der Waals surface area contributed by atoms with E-state index in [9.17, 15) is 9.36 Å². The van der Waals surface area contributed by atoms with Crippen LogP contribution < -0.4 is 0 Å². The molecule has 0 rings (SSSR count). The second-order valence-corrected chi connectivity index (χ2v) is 7.34. The lowest BCUT2D eigenvalue weighted by atomic mass is 10.1. The van der Waals surface area contributed by atoms with Gasteiger partial charge in [-0.3, -0.25) is 0 Å². The summed E-state index contributed by atoms with van der Waals surface area (Å²) in [5.74, 6) is -1.05. The first kappa shape index (κ1) is 26.5. The quantitative estimate of drug-likeness (QED) is 0.0891. The molecule has 27 heavy (non-hydrogen) atoms. The van der Waals surface area contributed by atoms with Crippen LogP contribution in [0.5, 0.6) is 0 Å². The van der Waals surface area contributed by atoms with Crippen molar-refractivity contribution in [2.45, 2.75) is 20.8 Å². The van der Waals surface area contributed by atoms with Crippen LogP contribution in [0.2, 0.25) is 0 Å². The Hall–Kier alpha value is -0.480. The van der Waals surface area contributed by atoms with E-state index >= 15 is 0 Å². The zero-order chi connectivity index (χ0) is 20.9. The smallest absolute Gasteiger partial charge is 0.422 e. The molecule has 0 spiro atoms. The molecular weight excluding hydrogens is 458 g/mol. The van der Waals surface area contributed by atoms with Gasteiger partial charge in [-0.2, -0.15) is 0 Å². The molecule has 0 aromatic rings. The molecule has 152 valence electrons. The average Bonchev–Trinajstić information content (AvgIpc) is 2.63. The van der Waals surface area contributed by atoms with E-state index in [4.69, 9.17) is 71.5 Å². The van der Waals surface area contributed by atoms with Crippen LogP contribution in [-0.2, 0) is 33.2 Å². The summed E-state index contributed by atoms with van der Waals surface area (Å²) in [5, 5.41) is -0.606. The number of thiocarbonyl (C=S) groups is 2. The summed E-state index contributed by atoms with van der Waals surface area (Å²) in [6.07, 6.45) is 2.51. The fourth-order valence-corrected chi connectivity index (χ4v) is 4.16. The zero-order valence-electron chi connectivity index (χ0n) is 14.8. The van der Waals surface area contributed by atoms with Gasteiger partial charge in [0.1, 0.15) is 0 Å². The summed E-state index contributed by atoms with van der Waals surface area (Å²) in [7, 11) is -4.53. The number of carbonyl (C=O) groups excluding carboxylic acids is 1. The Morgan fingerprint density at radius 1 is 0.926 bits per heavy atom. The Labute approximate surface area is 178 Å². The van der Waals surface area contributed by atoms with E-state index in [0.717, 1.165) is 11.1 Å².